The van der Waals surface area contributed by atoms with Gasteiger partial charge in [-0.1, -0.05) is 0 Å². The Morgan fingerprint density at radius 3 is 3.11 bits per heavy atom. The molecule has 5 nitrogen and oxygen atoms in total. The maximum absolute atomic E-state index is 11.9. The monoisotopic (exact) mass is 253 g/mol. The summed E-state index contributed by atoms with van der Waals surface area (Å²) in [6, 6.07) is 3.42. The molecule has 0 aromatic carbocycles. The average Bonchev–Trinajstić information content (AvgIpc) is 2.92. The molecule has 1 aliphatic rings. The fourth-order valence-corrected chi connectivity index (χ4v) is 2.25. The SMILES string of the molecule is C[C@@](O)(CNC(=O)C1CCCC[NH2+]1)c1ccco1. The average molecular weight is 253 g/mol. The van der Waals surface area contributed by atoms with Crippen LogP contribution >= 0.6 is 0 Å². The first-order chi connectivity index (χ1) is 8.59. The number of aliphatic hydroxyl groups is 1. The third-order valence-electron chi connectivity index (χ3n) is 3.42. The molecule has 0 radical (unpaired) electrons. The number of furan rings is 1. The van der Waals surface area contributed by atoms with Crippen molar-refractivity contribution in [1.29, 1.82) is 0 Å². The summed E-state index contributed by atoms with van der Waals surface area (Å²) in [4.78, 5) is 11.9. The molecule has 0 spiro atoms. The normalized spacial score (nSPS) is 23.3. The van der Waals surface area contributed by atoms with E-state index in [0.29, 0.717) is 5.76 Å². The van der Waals surface area contributed by atoms with Crippen LogP contribution in [0.4, 0.5) is 0 Å². The Kier molecular flexibility index (Phi) is 4.04. The molecule has 1 aromatic heterocycles. The van der Waals surface area contributed by atoms with E-state index in [4.69, 9.17) is 4.42 Å². The van der Waals surface area contributed by atoms with Crippen LogP contribution in [0.1, 0.15) is 31.9 Å². The van der Waals surface area contributed by atoms with Crippen molar-refractivity contribution in [2.75, 3.05) is 13.1 Å². The standard InChI is InChI=1S/C13H20N2O3/c1-13(17,11-6-4-8-18-11)9-15-12(16)10-5-2-3-7-14-10/h4,6,8,10,14,17H,2-3,5,7,9H2,1H3,(H,15,16)/p+1/t10?,13-/m1/s1. The lowest BCUT2D eigenvalue weighted by atomic mass is 10.0. The summed E-state index contributed by atoms with van der Waals surface area (Å²) in [6.07, 6.45) is 4.70. The first-order valence-electron chi connectivity index (χ1n) is 6.47. The molecule has 0 bridgehead atoms. The van der Waals surface area contributed by atoms with Gasteiger partial charge in [0.2, 0.25) is 0 Å². The van der Waals surface area contributed by atoms with Crippen molar-refractivity contribution in [3.63, 3.8) is 0 Å². The number of carbonyl (C=O) groups excluding carboxylic acids is 1. The molecule has 18 heavy (non-hydrogen) atoms. The fraction of sp³-hybridized carbons (Fsp3) is 0.615. The number of hydrogen-bond acceptors (Lipinski definition) is 3. The van der Waals surface area contributed by atoms with Crippen molar-refractivity contribution in [3.05, 3.63) is 24.2 Å². The Balaban J connectivity index is 1.85. The summed E-state index contributed by atoms with van der Waals surface area (Å²) in [5.74, 6) is 0.469. The lowest BCUT2D eigenvalue weighted by Gasteiger charge is -2.24. The van der Waals surface area contributed by atoms with Crippen LogP contribution in [0.15, 0.2) is 22.8 Å². The highest BCUT2D eigenvalue weighted by Crippen LogP contribution is 2.19. The van der Waals surface area contributed by atoms with Gasteiger partial charge in [-0.15, -0.1) is 0 Å². The van der Waals surface area contributed by atoms with Gasteiger partial charge in [0, 0.05) is 6.42 Å². The Hall–Kier alpha value is -1.33. The van der Waals surface area contributed by atoms with E-state index in [1.54, 1.807) is 19.1 Å². The summed E-state index contributed by atoms with van der Waals surface area (Å²) < 4.78 is 5.17. The molecule has 2 rings (SSSR count). The maximum atomic E-state index is 11.9. The summed E-state index contributed by atoms with van der Waals surface area (Å²) in [5.41, 5.74) is -1.16. The minimum absolute atomic E-state index is 0.00142. The van der Waals surface area contributed by atoms with Crippen LogP contribution < -0.4 is 10.6 Å². The Labute approximate surface area is 107 Å². The van der Waals surface area contributed by atoms with Crippen LogP contribution in [-0.4, -0.2) is 30.1 Å². The van der Waals surface area contributed by atoms with E-state index in [9.17, 15) is 9.90 Å². The van der Waals surface area contributed by atoms with Gasteiger partial charge in [0.25, 0.3) is 5.91 Å². The number of piperidine rings is 1. The van der Waals surface area contributed by atoms with Gasteiger partial charge >= 0.3 is 0 Å². The predicted octanol–water partition coefficient (Wildman–Crippen LogP) is -0.281. The number of rotatable bonds is 4. The number of nitrogens with one attached hydrogen (secondary N) is 1. The molecule has 2 atom stereocenters. The molecule has 1 unspecified atom stereocenters. The molecular weight excluding hydrogens is 232 g/mol. The fourth-order valence-electron chi connectivity index (χ4n) is 2.25. The van der Waals surface area contributed by atoms with Crippen molar-refractivity contribution in [1.82, 2.24) is 5.32 Å². The second-order valence-corrected chi connectivity index (χ2v) is 5.10. The summed E-state index contributed by atoms with van der Waals surface area (Å²) in [6.45, 7) is 2.81. The van der Waals surface area contributed by atoms with Gasteiger partial charge in [0.15, 0.2) is 6.04 Å². The van der Waals surface area contributed by atoms with Crippen LogP contribution in [0.25, 0.3) is 0 Å². The van der Waals surface area contributed by atoms with E-state index < -0.39 is 5.60 Å². The van der Waals surface area contributed by atoms with Crippen LogP contribution in [0.3, 0.4) is 0 Å². The van der Waals surface area contributed by atoms with Crippen LogP contribution in [0.2, 0.25) is 0 Å². The lowest BCUT2D eigenvalue weighted by Crippen LogP contribution is -2.94. The van der Waals surface area contributed by atoms with Gasteiger partial charge in [-0.3, -0.25) is 4.79 Å². The van der Waals surface area contributed by atoms with Crippen LogP contribution in [0.5, 0.6) is 0 Å². The minimum Gasteiger partial charge on any atom is -0.466 e. The number of carbonyl (C=O) groups is 1. The van der Waals surface area contributed by atoms with Crippen molar-refractivity contribution < 1.29 is 19.6 Å². The zero-order valence-corrected chi connectivity index (χ0v) is 10.7. The molecule has 0 aliphatic carbocycles. The smallest absolute Gasteiger partial charge is 0.278 e. The first kappa shape index (κ1) is 13.1. The third kappa shape index (κ3) is 3.11. The summed E-state index contributed by atoms with van der Waals surface area (Å²) >= 11 is 0. The number of quaternary nitrogens is 1. The highest BCUT2D eigenvalue weighted by molar-refractivity contribution is 5.80. The quantitative estimate of drug-likeness (QED) is 0.690. The topological polar surface area (TPSA) is 79.1 Å². The third-order valence-corrected chi connectivity index (χ3v) is 3.42. The molecule has 2 heterocycles. The van der Waals surface area contributed by atoms with Gasteiger partial charge in [0.1, 0.15) is 11.4 Å². The largest absolute Gasteiger partial charge is 0.466 e. The van der Waals surface area contributed by atoms with Gasteiger partial charge in [-0.2, -0.15) is 0 Å². The second kappa shape index (κ2) is 5.54. The molecule has 100 valence electrons. The van der Waals surface area contributed by atoms with Gasteiger partial charge in [-0.05, 0) is 31.9 Å². The Bertz CT molecular complexity index is 381. The molecule has 0 saturated carbocycles. The lowest BCUT2D eigenvalue weighted by molar-refractivity contribution is -0.684. The predicted molar refractivity (Wildman–Crippen MR) is 65.7 cm³/mol. The molecule has 1 fully saturated rings. The van der Waals surface area contributed by atoms with Crippen molar-refractivity contribution in [3.8, 4) is 0 Å². The maximum Gasteiger partial charge on any atom is 0.278 e. The zero-order chi connectivity index (χ0) is 13.0. The highest BCUT2D eigenvalue weighted by Gasteiger charge is 2.30. The Morgan fingerprint density at radius 2 is 2.50 bits per heavy atom. The molecule has 1 aromatic rings. The number of amides is 1. The molecule has 1 saturated heterocycles. The van der Waals surface area contributed by atoms with Crippen LogP contribution in [-0.2, 0) is 10.4 Å². The van der Waals surface area contributed by atoms with Crippen molar-refractivity contribution in [2.45, 2.75) is 37.8 Å². The van der Waals surface area contributed by atoms with Gasteiger partial charge < -0.3 is 20.2 Å². The first-order valence-corrected chi connectivity index (χ1v) is 6.47. The Morgan fingerprint density at radius 1 is 1.67 bits per heavy atom. The van der Waals surface area contributed by atoms with E-state index in [1.807, 2.05) is 0 Å². The van der Waals surface area contributed by atoms with Crippen LogP contribution in [0, 0.1) is 0 Å². The van der Waals surface area contributed by atoms with Gasteiger partial charge in [-0.25, -0.2) is 0 Å². The summed E-state index contributed by atoms with van der Waals surface area (Å²) in [7, 11) is 0. The number of hydrogen-bond donors (Lipinski definition) is 3. The zero-order valence-electron chi connectivity index (χ0n) is 10.7. The minimum atomic E-state index is -1.16. The number of nitrogens with two attached hydrogens (primary N) is 1. The second-order valence-electron chi connectivity index (χ2n) is 5.10. The van der Waals surface area contributed by atoms with E-state index in [1.165, 1.54) is 12.7 Å². The van der Waals surface area contributed by atoms with E-state index in [2.05, 4.69) is 10.6 Å². The molecule has 5 heteroatoms. The van der Waals surface area contributed by atoms with E-state index in [0.717, 1.165) is 19.4 Å². The van der Waals surface area contributed by atoms with Crippen molar-refractivity contribution in [2.24, 2.45) is 0 Å². The molecule has 1 aliphatic heterocycles. The molecule has 4 N–H and O–H groups in total. The molecule has 1 amide bonds. The van der Waals surface area contributed by atoms with E-state index >= 15 is 0 Å². The van der Waals surface area contributed by atoms with Gasteiger partial charge in [0.05, 0.1) is 19.4 Å². The van der Waals surface area contributed by atoms with Crippen molar-refractivity contribution >= 4 is 5.91 Å². The van der Waals surface area contributed by atoms with E-state index in [-0.39, 0.29) is 18.5 Å². The highest BCUT2D eigenvalue weighted by atomic mass is 16.4. The summed E-state index contributed by atoms with van der Waals surface area (Å²) in [5, 5.41) is 15.1. The molecular formula is C13H21N2O3+.